The lowest BCUT2D eigenvalue weighted by Crippen LogP contribution is -2.45. The van der Waals surface area contributed by atoms with E-state index in [-0.39, 0.29) is 29.6 Å². The molecule has 0 saturated carbocycles. The first kappa shape index (κ1) is 21.7. The number of ether oxygens (including phenoxy) is 1. The molecule has 1 aliphatic heterocycles. The summed E-state index contributed by atoms with van der Waals surface area (Å²) in [5, 5.41) is 11.0. The number of piperidine rings is 1. The number of nitro benzene ring substituents is 1. The zero-order chi connectivity index (χ0) is 21.1. The molecule has 0 bridgehead atoms. The van der Waals surface area contributed by atoms with Gasteiger partial charge in [0.25, 0.3) is 5.69 Å². The van der Waals surface area contributed by atoms with Gasteiger partial charge >= 0.3 is 6.09 Å². The van der Waals surface area contributed by atoms with E-state index in [0.717, 1.165) is 5.56 Å². The fourth-order valence-electron chi connectivity index (χ4n) is 3.24. The van der Waals surface area contributed by atoms with Crippen LogP contribution in [0.2, 0.25) is 0 Å². The van der Waals surface area contributed by atoms with E-state index in [0.29, 0.717) is 25.9 Å². The van der Waals surface area contributed by atoms with Crippen LogP contribution in [0.1, 0.15) is 52.1 Å². The summed E-state index contributed by atoms with van der Waals surface area (Å²) in [6.07, 6.45) is 0.797. The molecule has 1 saturated heterocycles. The summed E-state index contributed by atoms with van der Waals surface area (Å²) in [5.41, 5.74) is 0.185. The SMILES string of the molecule is C[C@@H](c1cccc([N+](=O)[O-])c1)N(C)C(=O)C1CCN(C(=O)OC(C)(C)C)CC1. The average Bonchev–Trinajstić information content (AvgIpc) is 2.65. The molecule has 154 valence electrons. The fraction of sp³-hybridized carbons (Fsp3) is 0.600. The van der Waals surface area contributed by atoms with E-state index in [2.05, 4.69) is 0 Å². The predicted molar refractivity (Wildman–Crippen MR) is 105 cm³/mol. The molecule has 0 radical (unpaired) electrons. The van der Waals surface area contributed by atoms with Crippen LogP contribution in [-0.4, -0.2) is 52.5 Å². The van der Waals surface area contributed by atoms with Crippen LogP contribution in [0.5, 0.6) is 0 Å². The maximum atomic E-state index is 12.9. The highest BCUT2D eigenvalue weighted by molar-refractivity contribution is 5.79. The molecule has 1 heterocycles. The normalized spacial score (nSPS) is 16.4. The first-order chi connectivity index (χ1) is 13.0. The van der Waals surface area contributed by atoms with Crippen LogP contribution in [0.25, 0.3) is 0 Å². The Labute approximate surface area is 165 Å². The van der Waals surface area contributed by atoms with Crippen molar-refractivity contribution in [3.63, 3.8) is 0 Å². The molecule has 1 atom stereocenters. The van der Waals surface area contributed by atoms with Crippen molar-refractivity contribution in [2.75, 3.05) is 20.1 Å². The van der Waals surface area contributed by atoms with E-state index in [1.807, 2.05) is 27.7 Å². The third-order valence-corrected chi connectivity index (χ3v) is 4.99. The van der Waals surface area contributed by atoms with Gasteiger partial charge in [0.2, 0.25) is 5.91 Å². The summed E-state index contributed by atoms with van der Waals surface area (Å²) < 4.78 is 5.38. The molecule has 1 fully saturated rings. The van der Waals surface area contributed by atoms with Crippen LogP contribution in [-0.2, 0) is 9.53 Å². The van der Waals surface area contributed by atoms with Crippen molar-refractivity contribution in [2.45, 2.75) is 52.2 Å². The number of nitrogens with zero attached hydrogens (tertiary/aromatic N) is 3. The molecule has 1 aromatic rings. The zero-order valence-corrected chi connectivity index (χ0v) is 17.2. The number of rotatable bonds is 4. The van der Waals surface area contributed by atoms with Gasteiger partial charge in [-0.2, -0.15) is 0 Å². The van der Waals surface area contributed by atoms with E-state index >= 15 is 0 Å². The third-order valence-electron chi connectivity index (χ3n) is 4.99. The molecule has 28 heavy (non-hydrogen) atoms. The van der Waals surface area contributed by atoms with E-state index in [9.17, 15) is 19.7 Å². The topological polar surface area (TPSA) is 93.0 Å². The number of non-ortho nitro benzene ring substituents is 1. The smallest absolute Gasteiger partial charge is 0.410 e. The van der Waals surface area contributed by atoms with E-state index < -0.39 is 10.5 Å². The monoisotopic (exact) mass is 391 g/mol. The molecule has 2 amide bonds. The van der Waals surface area contributed by atoms with Crippen molar-refractivity contribution >= 4 is 17.7 Å². The summed E-state index contributed by atoms with van der Waals surface area (Å²) in [6.45, 7) is 8.28. The molecule has 2 rings (SSSR count). The van der Waals surface area contributed by atoms with Crippen LogP contribution in [0.3, 0.4) is 0 Å². The Morgan fingerprint density at radius 3 is 2.43 bits per heavy atom. The first-order valence-electron chi connectivity index (χ1n) is 9.48. The van der Waals surface area contributed by atoms with Crippen molar-refractivity contribution in [3.8, 4) is 0 Å². The Bertz CT molecular complexity index is 736. The highest BCUT2D eigenvalue weighted by Gasteiger charge is 2.32. The lowest BCUT2D eigenvalue weighted by Gasteiger charge is -2.35. The standard InChI is InChI=1S/C20H29N3O5/c1-14(16-7-6-8-17(13-16)23(26)27)21(5)18(24)15-9-11-22(12-10-15)19(25)28-20(2,3)4/h6-8,13-15H,9-12H2,1-5H3/t14-/m0/s1. The minimum absolute atomic E-state index is 0.0101. The Hall–Kier alpha value is -2.64. The molecule has 0 aliphatic carbocycles. The molecule has 0 unspecified atom stereocenters. The predicted octanol–water partition coefficient (Wildman–Crippen LogP) is 3.76. The summed E-state index contributed by atoms with van der Waals surface area (Å²) in [5.74, 6) is -0.187. The summed E-state index contributed by atoms with van der Waals surface area (Å²) in [4.78, 5) is 38.9. The second kappa shape index (κ2) is 8.58. The Kier molecular flexibility index (Phi) is 6.64. The molecule has 1 aliphatic rings. The lowest BCUT2D eigenvalue weighted by molar-refractivity contribution is -0.384. The van der Waals surface area contributed by atoms with Crippen molar-refractivity contribution in [3.05, 3.63) is 39.9 Å². The van der Waals surface area contributed by atoms with E-state index in [1.54, 1.807) is 29.0 Å². The number of carbonyl (C=O) groups excluding carboxylic acids is 2. The van der Waals surface area contributed by atoms with Crippen molar-refractivity contribution in [1.82, 2.24) is 9.80 Å². The summed E-state index contributed by atoms with van der Waals surface area (Å²) in [7, 11) is 1.71. The molecular formula is C20H29N3O5. The first-order valence-corrected chi connectivity index (χ1v) is 9.48. The second-order valence-electron chi connectivity index (χ2n) is 8.22. The molecular weight excluding hydrogens is 362 g/mol. The van der Waals surface area contributed by atoms with Gasteiger partial charge in [0.1, 0.15) is 5.60 Å². The minimum atomic E-state index is -0.544. The van der Waals surface area contributed by atoms with Gasteiger partial charge in [0, 0.05) is 38.2 Å². The van der Waals surface area contributed by atoms with Crippen molar-refractivity contribution in [2.24, 2.45) is 5.92 Å². The van der Waals surface area contributed by atoms with Crippen LogP contribution in [0, 0.1) is 16.0 Å². The number of nitro groups is 1. The summed E-state index contributed by atoms with van der Waals surface area (Å²) >= 11 is 0. The molecule has 8 heteroatoms. The van der Waals surface area contributed by atoms with Gasteiger partial charge in [0.05, 0.1) is 11.0 Å². The minimum Gasteiger partial charge on any atom is -0.444 e. The number of benzene rings is 1. The van der Waals surface area contributed by atoms with Gasteiger partial charge in [-0.3, -0.25) is 14.9 Å². The van der Waals surface area contributed by atoms with Crippen LogP contribution < -0.4 is 0 Å². The second-order valence-corrected chi connectivity index (χ2v) is 8.22. The van der Waals surface area contributed by atoms with Crippen molar-refractivity contribution in [1.29, 1.82) is 0 Å². The van der Waals surface area contributed by atoms with Crippen LogP contribution in [0.15, 0.2) is 24.3 Å². The van der Waals surface area contributed by atoms with Gasteiger partial charge < -0.3 is 14.5 Å². The van der Waals surface area contributed by atoms with Crippen LogP contribution in [0.4, 0.5) is 10.5 Å². The number of amides is 2. The number of hydrogen-bond acceptors (Lipinski definition) is 5. The summed E-state index contributed by atoms with van der Waals surface area (Å²) in [6, 6.07) is 6.06. The molecule has 0 aromatic heterocycles. The molecule has 0 spiro atoms. The molecule has 8 nitrogen and oxygen atoms in total. The van der Waals surface area contributed by atoms with Gasteiger partial charge in [-0.05, 0) is 46.1 Å². The largest absolute Gasteiger partial charge is 0.444 e. The maximum Gasteiger partial charge on any atom is 0.410 e. The zero-order valence-electron chi connectivity index (χ0n) is 17.2. The molecule has 1 aromatic carbocycles. The van der Waals surface area contributed by atoms with Gasteiger partial charge in [-0.1, -0.05) is 12.1 Å². The highest BCUT2D eigenvalue weighted by Crippen LogP contribution is 2.27. The number of likely N-dealkylation sites (tertiary alicyclic amines) is 1. The lowest BCUT2D eigenvalue weighted by atomic mass is 9.94. The quantitative estimate of drug-likeness (QED) is 0.575. The Morgan fingerprint density at radius 1 is 1.29 bits per heavy atom. The average molecular weight is 391 g/mol. The van der Waals surface area contributed by atoms with Gasteiger partial charge in [-0.25, -0.2) is 4.79 Å². The van der Waals surface area contributed by atoms with E-state index in [4.69, 9.17) is 4.74 Å². The number of hydrogen-bond donors (Lipinski definition) is 0. The highest BCUT2D eigenvalue weighted by atomic mass is 16.6. The maximum absolute atomic E-state index is 12.9. The van der Waals surface area contributed by atoms with Gasteiger partial charge in [0.15, 0.2) is 0 Å². The Morgan fingerprint density at radius 2 is 1.89 bits per heavy atom. The van der Waals surface area contributed by atoms with Crippen molar-refractivity contribution < 1.29 is 19.2 Å². The van der Waals surface area contributed by atoms with E-state index in [1.165, 1.54) is 12.1 Å². The third kappa shape index (κ3) is 5.43. The fourth-order valence-corrected chi connectivity index (χ4v) is 3.24. The van der Waals surface area contributed by atoms with Gasteiger partial charge in [-0.15, -0.1) is 0 Å². The Balaban J connectivity index is 1.96. The molecule has 0 N–H and O–H groups in total. The number of carbonyl (C=O) groups is 2. The van der Waals surface area contributed by atoms with Crippen LogP contribution >= 0.6 is 0 Å².